The number of furan rings is 1. The van der Waals surface area contributed by atoms with E-state index < -0.39 is 11.9 Å². The lowest BCUT2D eigenvalue weighted by atomic mass is 10.1. The zero-order chi connectivity index (χ0) is 15.4. The largest absolute Gasteiger partial charge is 0.462 e. The smallest absolute Gasteiger partial charge is 0.162 e. The van der Waals surface area contributed by atoms with Crippen LogP contribution in [0.15, 0.2) is 52.5 Å². The molecular weight excluding hydrogens is 303 g/mol. The molecule has 1 atom stereocenters. The average Bonchev–Trinajstić information content (AvgIpc) is 3.18. The lowest BCUT2D eigenvalue weighted by molar-refractivity contribution is 0.169. The molecule has 0 amide bonds. The summed E-state index contributed by atoms with van der Waals surface area (Å²) in [5.41, 5.74) is 1.15. The molecule has 0 spiro atoms. The fraction of sp³-hybridized carbons (Fsp3) is 0.188. The van der Waals surface area contributed by atoms with Crippen molar-refractivity contribution >= 4 is 11.3 Å². The molecule has 0 saturated heterocycles. The highest BCUT2D eigenvalue weighted by molar-refractivity contribution is 7.13. The van der Waals surface area contributed by atoms with E-state index in [2.05, 4.69) is 10.3 Å². The van der Waals surface area contributed by atoms with E-state index in [0.29, 0.717) is 12.1 Å². The fourth-order valence-corrected chi connectivity index (χ4v) is 2.88. The SMILES string of the molecule is OC(CNCc1csc(-c2ccco2)n1)c1ccccc1F. The Balaban J connectivity index is 1.54. The standard InChI is InChI=1S/C16H15FN2O2S/c17-13-5-2-1-4-12(13)14(20)9-18-8-11-10-22-16(19-11)15-6-3-7-21-15/h1-7,10,14,18,20H,8-9H2. The van der Waals surface area contributed by atoms with Gasteiger partial charge in [-0.1, -0.05) is 18.2 Å². The van der Waals surface area contributed by atoms with E-state index in [1.165, 1.54) is 17.4 Å². The molecule has 0 aliphatic rings. The minimum atomic E-state index is -0.885. The summed E-state index contributed by atoms with van der Waals surface area (Å²) in [7, 11) is 0. The highest BCUT2D eigenvalue weighted by atomic mass is 32.1. The van der Waals surface area contributed by atoms with Gasteiger partial charge in [0.15, 0.2) is 10.8 Å². The lowest BCUT2D eigenvalue weighted by Crippen LogP contribution is -2.21. The monoisotopic (exact) mass is 318 g/mol. The highest BCUT2D eigenvalue weighted by Gasteiger charge is 2.12. The molecule has 22 heavy (non-hydrogen) atoms. The van der Waals surface area contributed by atoms with Crippen LogP contribution in [0.25, 0.3) is 10.8 Å². The van der Waals surface area contributed by atoms with Gasteiger partial charge in [0.1, 0.15) is 5.82 Å². The number of halogens is 1. The summed E-state index contributed by atoms with van der Waals surface area (Å²) in [6.45, 7) is 0.761. The van der Waals surface area contributed by atoms with Gasteiger partial charge in [0, 0.05) is 24.0 Å². The number of thiazole rings is 1. The van der Waals surface area contributed by atoms with Crippen molar-refractivity contribution in [3.63, 3.8) is 0 Å². The van der Waals surface area contributed by atoms with E-state index in [4.69, 9.17) is 4.42 Å². The van der Waals surface area contributed by atoms with Crippen molar-refractivity contribution in [3.05, 3.63) is 65.1 Å². The molecule has 3 rings (SSSR count). The summed E-state index contributed by atoms with van der Waals surface area (Å²) in [5, 5.41) is 15.8. The second-order valence-electron chi connectivity index (χ2n) is 4.79. The summed E-state index contributed by atoms with van der Waals surface area (Å²) < 4.78 is 18.8. The molecule has 4 nitrogen and oxygen atoms in total. The summed E-state index contributed by atoms with van der Waals surface area (Å²) in [5.74, 6) is 0.341. The minimum Gasteiger partial charge on any atom is -0.462 e. The van der Waals surface area contributed by atoms with Crippen molar-refractivity contribution in [1.82, 2.24) is 10.3 Å². The molecule has 2 aromatic heterocycles. The Labute approximate surface area is 131 Å². The number of aliphatic hydroxyl groups excluding tert-OH is 1. The molecule has 0 radical (unpaired) electrons. The first-order valence-electron chi connectivity index (χ1n) is 6.85. The summed E-state index contributed by atoms with van der Waals surface area (Å²) in [6.07, 6.45) is 0.726. The molecule has 3 aromatic rings. The molecule has 6 heteroatoms. The summed E-state index contributed by atoms with van der Waals surface area (Å²) in [4.78, 5) is 4.45. The van der Waals surface area contributed by atoms with Gasteiger partial charge in [0.2, 0.25) is 0 Å². The number of nitrogens with zero attached hydrogens (tertiary/aromatic N) is 1. The topological polar surface area (TPSA) is 58.3 Å². The molecule has 0 saturated carbocycles. The van der Waals surface area contributed by atoms with Crippen LogP contribution in [0.3, 0.4) is 0 Å². The van der Waals surface area contributed by atoms with Gasteiger partial charge in [-0.3, -0.25) is 0 Å². The number of benzene rings is 1. The maximum atomic E-state index is 13.5. The van der Waals surface area contributed by atoms with E-state index in [1.807, 2.05) is 17.5 Å². The van der Waals surface area contributed by atoms with Crippen LogP contribution < -0.4 is 5.32 Å². The predicted octanol–water partition coefficient (Wildman–Crippen LogP) is 3.37. The molecule has 1 unspecified atom stereocenters. The molecular formula is C16H15FN2O2S. The Morgan fingerprint density at radius 3 is 2.91 bits per heavy atom. The first-order valence-corrected chi connectivity index (χ1v) is 7.73. The first-order chi connectivity index (χ1) is 10.7. The Bertz CT molecular complexity index is 727. The van der Waals surface area contributed by atoms with Crippen LogP contribution >= 0.6 is 11.3 Å². The van der Waals surface area contributed by atoms with E-state index in [-0.39, 0.29) is 6.54 Å². The molecule has 0 aliphatic heterocycles. The second-order valence-corrected chi connectivity index (χ2v) is 5.65. The van der Waals surface area contributed by atoms with E-state index in [9.17, 15) is 9.50 Å². The zero-order valence-electron chi connectivity index (χ0n) is 11.7. The number of aromatic nitrogens is 1. The third-order valence-corrected chi connectivity index (χ3v) is 4.10. The number of aliphatic hydroxyl groups is 1. The van der Waals surface area contributed by atoms with Crippen molar-refractivity contribution in [2.75, 3.05) is 6.54 Å². The molecule has 2 heterocycles. The number of rotatable bonds is 6. The zero-order valence-corrected chi connectivity index (χ0v) is 12.5. The average molecular weight is 318 g/mol. The van der Waals surface area contributed by atoms with Crippen LogP contribution in [-0.2, 0) is 6.54 Å². The van der Waals surface area contributed by atoms with Gasteiger partial charge in [-0.25, -0.2) is 9.37 Å². The maximum absolute atomic E-state index is 13.5. The molecule has 0 bridgehead atoms. The van der Waals surface area contributed by atoms with Crippen molar-refractivity contribution in [2.24, 2.45) is 0 Å². The van der Waals surface area contributed by atoms with E-state index in [0.717, 1.165) is 16.5 Å². The summed E-state index contributed by atoms with van der Waals surface area (Å²) >= 11 is 1.50. The van der Waals surface area contributed by atoms with Crippen molar-refractivity contribution in [1.29, 1.82) is 0 Å². The van der Waals surface area contributed by atoms with Crippen molar-refractivity contribution in [3.8, 4) is 10.8 Å². The minimum absolute atomic E-state index is 0.258. The second kappa shape index (κ2) is 6.83. The van der Waals surface area contributed by atoms with Crippen LogP contribution in [0.5, 0.6) is 0 Å². The third kappa shape index (κ3) is 3.41. The third-order valence-electron chi connectivity index (χ3n) is 3.19. The van der Waals surface area contributed by atoms with Gasteiger partial charge in [-0.2, -0.15) is 0 Å². The molecule has 2 N–H and O–H groups in total. The highest BCUT2D eigenvalue weighted by Crippen LogP contribution is 2.24. The Morgan fingerprint density at radius 2 is 2.14 bits per heavy atom. The van der Waals surface area contributed by atoms with Crippen LogP contribution in [-0.4, -0.2) is 16.6 Å². The normalized spacial score (nSPS) is 12.5. The Morgan fingerprint density at radius 1 is 1.27 bits per heavy atom. The van der Waals surface area contributed by atoms with Crippen LogP contribution in [0.2, 0.25) is 0 Å². The van der Waals surface area contributed by atoms with Gasteiger partial charge in [0.25, 0.3) is 0 Å². The van der Waals surface area contributed by atoms with Gasteiger partial charge < -0.3 is 14.8 Å². The molecule has 0 fully saturated rings. The first kappa shape index (κ1) is 14.9. The number of nitrogens with one attached hydrogen (secondary N) is 1. The summed E-state index contributed by atoms with van der Waals surface area (Å²) in [6, 6.07) is 9.91. The number of hydrogen-bond donors (Lipinski definition) is 2. The van der Waals surface area contributed by atoms with Gasteiger partial charge in [-0.15, -0.1) is 11.3 Å². The molecule has 0 aliphatic carbocycles. The van der Waals surface area contributed by atoms with Crippen LogP contribution in [0.1, 0.15) is 17.4 Å². The van der Waals surface area contributed by atoms with Gasteiger partial charge in [-0.05, 0) is 18.2 Å². The maximum Gasteiger partial charge on any atom is 0.162 e. The van der Waals surface area contributed by atoms with Crippen molar-refractivity contribution < 1.29 is 13.9 Å². The molecule has 114 valence electrons. The quantitative estimate of drug-likeness (QED) is 0.731. The fourth-order valence-electron chi connectivity index (χ4n) is 2.09. The van der Waals surface area contributed by atoms with E-state index >= 15 is 0 Å². The molecule has 1 aromatic carbocycles. The van der Waals surface area contributed by atoms with Crippen molar-refractivity contribution in [2.45, 2.75) is 12.6 Å². The predicted molar refractivity (Wildman–Crippen MR) is 82.9 cm³/mol. The Hall–Kier alpha value is -2.02. The number of hydrogen-bond acceptors (Lipinski definition) is 5. The van der Waals surface area contributed by atoms with E-state index in [1.54, 1.807) is 24.5 Å². The lowest BCUT2D eigenvalue weighted by Gasteiger charge is -2.12. The van der Waals surface area contributed by atoms with Gasteiger partial charge >= 0.3 is 0 Å². The Kier molecular flexibility index (Phi) is 4.62. The van der Waals surface area contributed by atoms with Gasteiger partial charge in [0.05, 0.1) is 18.1 Å². The van der Waals surface area contributed by atoms with Crippen LogP contribution in [0.4, 0.5) is 4.39 Å². The van der Waals surface area contributed by atoms with Crippen LogP contribution in [0, 0.1) is 5.82 Å².